The molecule has 2 nitrogen and oxygen atoms in total. The maximum Gasteiger partial charge on any atom is 0.0724 e. The Kier molecular flexibility index (Phi) is 3.67. The van der Waals surface area contributed by atoms with Crippen molar-refractivity contribution < 1.29 is 4.74 Å². The quantitative estimate of drug-likeness (QED) is 0.883. The van der Waals surface area contributed by atoms with Crippen LogP contribution in [-0.4, -0.2) is 19.3 Å². The topological polar surface area (TPSA) is 21.3 Å². The molecule has 1 N–H and O–H groups in total. The summed E-state index contributed by atoms with van der Waals surface area (Å²) in [4.78, 5) is 0. The highest BCUT2D eigenvalue weighted by Gasteiger charge is 2.30. The molecule has 98 valence electrons. The number of benzene rings is 1. The molecule has 0 bridgehead atoms. The molecule has 0 spiro atoms. The molecule has 2 aliphatic rings. The van der Waals surface area contributed by atoms with Crippen LogP contribution < -0.4 is 5.32 Å². The molecule has 3 unspecified atom stereocenters. The molecule has 1 saturated carbocycles. The highest BCUT2D eigenvalue weighted by atomic mass is 16.5. The van der Waals surface area contributed by atoms with E-state index in [4.69, 9.17) is 4.74 Å². The van der Waals surface area contributed by atoms with E-state index in [0.29, 0.717) is 18.2 Å². The summed E-state index contributed by atoms with van der Waals surface area (Å²) in [5, 5.41) is 3.85. The fourth-order valence-corrected chi connectivity index (χ4v) is 3.56. The Labute approximate surface area is 110 Å². The van der Waals surface area contributed by atoms with Crippen molar-refractivity contribution in [2.75, 3.05) is 7.11 Å². The van der Waals surface area contributed by atoms with Crippen LogP contribution in [0.2, 0.25) is 0 Å². The summed E-state index contributed by atoms with van der Waals surface area (Å²) in [6.07, 6.45) is 8.00. The third-order valence-corrected chi connectivity index (χ3v) is 4.55. The van der Waals surface area contributed by atoms with E-state index in [9.17, 15) is 0 Å². The number of hydrogen-bond donors (Lipinski definition) is 1. The molecule has 0 aliphatic heterocycles. The van der Waals surface area contributed by atoms with Gasteiger partial charge in [-0.25, -0.2) is 0 Å². The number of rotatable bonds is 3. The zero-order valence-electron chi connectivity index (χ0n) is 11.2. The maximum absolute atomic E-state index is 5.64. The lowest BCUT2D eigenvalue weighted by atomic mass is 9.91. The molecule has 2 heteroatoms. The number of methoxy groups -OCH3 is 1. The van der Waals surface area contributed by atoms with Crippen LogP contribution >= 0.6 is 0 Å². The number of nitrogens with one attached hydrogen (secondary N) is 1. The van der Waals surface area contributed by atoms with Crippen molar-refractivity contribution >= 4 is 0 Å². The summed E-state index contributed by atoms with van der Waals surface area (Å²) in [5.74, 6) is 0. The minimum Gasteiger partial charge on any atom is -0.380 e. The van der Waals surface area contributed by atoms with Crippen molar-refractivity contribution in [3.63, 3.8) is 0 Å². The molecule has 18 heavy (non-hydrogen) atoms. The number of fused-ring (bicyclic) bond motifs is 1. The zero-order valence-corrected chi connectivity index (χ0v) is 11.2. The smallest absolute Gasteiger partial charge is 0.0724 e. The van der Waals surface area contributed by atoms with Gasteiger partial charge in [-0.15, -0.1) is 0 Å². The summed E-state index contributed by atoms with van der Waals surface area (Å²) < 4.78 is 5.64. The number of aryl methyl sites for hydroxylation is 1. The first-order chi connectivity index (χ1) is 8.88. The van der Waals surface area contributed by atoms with Crippen LogP contribution in [0.25, 0.3) is 0 Å². The van der Waals surface area contributed by atoms with Crippen molar-refractivity contribution in [3.8, 4) is 0 Å². The van der Waals surface area contributed by atoms with E-state index in [0.717, 1.165) is 0 Å². The third-order valence-electron chi connectivity index (χ3n) is 4.55. The first kappa shape index (κ1) is 12.2. The van der Waals surface area contributed by atoms with Gasteiger partial charge in [-0.2, -0.15) is 0 Å². The molecular formula is C16H23NO. The fraction of sp³-hybridized carbons (Fsp3) is 0.625. The normalized spacial score (nSPS) is 31.3. The van der Waals surface area contributed by atoms with Gasteiger partial charge in [0.05, 0.1) is 6.10 Å². The Bertz CT molecular complexity index is 404. The molecule has 3 rings (SSSR count). The Morgan fingerprint density at radius 2 is 1.94 bits per heavy atom. The Balaban J connectivity index is 1.70. The predicted molar refractivity (Wildman–Crippen MR) is 73.7 cm³/mol. The Morgan fingerprint density at radius 3 is 2.83 bits per heavy atom. The number of ether oxygens (including phenoxy) is 1. The lowest BCUT2D eigenvalue weighted by molar-refractivity contribution is 0.0377. The molecule has 0 aromatic heterocycles. The Morgan fingerprint density at radius 1 is 1.11 bits per heavy atom. The second kappa shape index (κ2) is 5.41. The van der Waals surface area contributed by atoms with Crippen molar-refractivity contribution in [2.45, 2.75) is 56.7 Å². The van der Waals surface area contributed by atoms with Gasteiger partial charge >= 0.3 is 0 Å². The molecule has 2 aliphatic carbocycles. The first-order valence-electron chi connectivity index (χ1n) is 7.25. The lowest BCUT2D eigenvalue weighted by Crippen LogP contribution is -2.44. The minimum atomic E-state index is 0.409. The number of hydrogen-bond acceptors (Lipinski definition) is 2. The van der Waals surface area contributed by atoms with Crippen molar-refractivity contribution in [2.24, 2.45) is 0 Å². The zero-order chi connectivity index (χ0) is 12.4. The molecule has 0 saturated heterocycles. The van der Waals surface area contributed by atoms with Gasteiger partial charge in [-0.05, 0) is 36.8 Å². The third kappa shape index (κ3) is 2.32. The summed E-state index contributed by atoms with van der Waals surface area (Å²) in [6.45, 7) is 0. The van der Waals surface area contributed by atoms with E-state index in [1.54, 1.807) is 0 Å². The first-order valence-corrected chi connectivity index (χ1v) is 7.25. The second-order valence-corrected chi connectivity index (χ2v) is 5.62. The van der Waals surface area contributed by atoms with Gasteiger partial charge < -0.3 is 10.1 Å². The van der Waals surface area contributed by atoms with Crippen LogP contribution in [0.15, 0.2) is 24.3 Å². The monoisotopic (exact) mass is 245 g/mol. The predicted octanol–water partition coefficient (Wildman–Crippen LogP) is 3.22. The summed E-state index contributed by atoms with van der Waals surface area (Å²) in [6, 6.07) is 9.95. The minimum absolute atomic E-state index is 0.409. The van der Waals surface area contributed by atoms with Gasteiger partial charge in [0.25, 0.3) is 0 Å². The van der Waals surface area contributed by atoms with Crippen molar-refractivity contribution in [3.05, 3.63) is 35.4 Å². The van der Waals surface area contributed by atoms with Gasteiger partial charge in [0.2, 0.25) is 0 Å². The Hall–Kier alpha value is -0.860. The standard InChI is InChI=1S/C16H23NO/c1-18-16-9-5-4-8-15(16)17-14-11-10-12-6-2-3-7-13(12)14/h2-3,6-7,14-17H,4-5,8-11H2,1H3. The molecule has 1 aromatic carbocycles. The summed E-state index contributed by atoms with van der Waals surface area (Å²) >= 11 is 0. The fourth-order valence-electron chi connectivity index (χ4n) is 3.56. The van der Waals surface area contributed by atoms with Crippen LogP contribution in [0.3, 0.4) is 0 Å². The molecular weight excluding hydrogens is 222 g/mol. The average molecular weight is 245 g/mol. The summed E-state index contributed by atoms with van der Waals surface area (Å²) in [7, 11) is 1.85. The molecule has 1 fully saturated rings. The van der Waals surface area contributed by atoms with Gasteiger partial charge in [0, 0.05) is 19.2 Å². The molecule has 0 heterocycles. The van der Waals surface area contributed by atoms with E-state index in [2.05, 4.69) is 29.6 Å². The summed E-state index contributed by atoms with van der Waals surface area (Å²) in [5.41, 5.74) is 3.04. The van der Waals surface area contributed by atoms with E-state index in [1.165, 1.54) is 49.7 Å². The lowest BCUT2D eigenvalue weighted by Gasteiger charge is -2.33. The highest BCUT2D eigenvalue weighted by molar-refractivity contribution is 5.34. The van der Waals surface area contributed by atoms with Crippen LogP contribution in [0.4, 0.5) is 0 Å². The van der Waals surface area contributed by atoms with E-state index >= 15 is 0 Å². The van der Waals surface area contributed by atoms with E-state index in [-0.39, 0.29) is 0 Å². The SMILES string of the molecule is COC1CCCCC1NC1CCc2ccccc21. The average Bonchev–Trinajstić information content (AvgIpc) is 2.83. The van der Waals surface area contributed by atoms with Crippen LogP contribution in [0, 0.1) is 0 Å². The van der Waals surface area contributed by atoms with Crippen molar-refractivity contribution in [1.29, 1.82) is 0 Å². The molecule has 0 amide bonds. The highest BCUT2D eigenvalue weighted by Crippen LogP contribution is 2.33. The van der Waals surface area contributed by atoms with E-state index in [1.807, 2.05) is 7.11 Å². The maximum atomic E-state index is 5.64. The van der Waals surface area contributed by atoms with E-state index < -0.39 is 0 Å². The largest absolute Gasteiger partial charge is 0.380 e. The molecule has 1 aromatic rings. The van der Waals surface area contributed by atoms with Crippen molar-refractivity contribution in [1.82, 2.24) is 5.32 Å². The van der Waals surface area contributed by atoms with Crippen LogP contribution in [-0.2, 0) is 11.2 Å². The van der Waals surface area contributed by atoms with Crippen LogP contribution in [0.5, 0.6) is 0 Å². The molecule has 0 radical (unpaired) electrons. The van der Waals surface area contributed by atoms with Gasteiger partial charge in [-0.3, -0.25) is 0 Å². The van der Waals surface area contributed by atoms with Gasteiger partial charge in [0.15, 0.2) is 0 Å². The van der Waals surface area contributed by atoms with Gasteiger partial charge in [0.1, 0.15) is 0 Å². The van der Waals surface area contributed by atoms with Crippen LogP contribution in [0.1, 0.15) is 49.3 Å². The van der Waals surface area contributed by atoms with Gasteiger partial charge in [-0.1, -0.05) is 37.1 Å². The molecule has 3 atom stereocenters. The second-order valence-electron chi connectivity index (χ2n) is 5.62.